The largest absolute Gasteiger partial charge is 0.481 e. The van der Waals surface area contributed by atoms with E-state index >= 15 is 0 Å². The van der Waals surface area contributed by atoms with Gasteiger partial charge in [-0.1, -0.05) is 31.9 Å². The molecule has 0 aromatic carbocycles. The van der Waals surface area contributed by atoms with Gasteiger partial charge in [-0.2, -0.15) is 0 Å². The molecule has 0 bridgehead atoms. The molecule has 0 heterocycles. The van der Waals surface area contributed by atoms with Crippen molar-refractivity contribution in [2.24, 2.45) is 5.92 Å². The van der Waals surface area contributed by atoms with Crippen molar-refractivity contribution in [3.05, 3.63) is 0 Å². The van der Waals surface area contributed by atoms with Crippen LogP contribution in [0, 0.1) is 5.92 Å². The van der Waals surface area contributed by atoms with Gasteiger partial charge in [0.15, 0.2) is 0 Å². The molecule has 1 aliphatic rings. The summed E-state index contributed by atoms with van der Waals surface area (Å²) in [5.74, 6) is -2.56. The molecule has 8 heteroatoms. The second-order valence-corrected chi connectivity index (χ2v) is 5.35. The van der Waals surface area contributed by atoms with Gasteiger partial charge in [-0.05, 0) is 12.8 Å². The van der Waals surface area contributed by atoms with E-state index in [0.717, 1.165) is 0 Å². The average Bonchev–Trinajstić information content (AvgIpc) is 2.37. The number of alkyl halides is 2. The maximum Gasteiger partial charge on any atom is 0.316 e. The zero-order valence-electron chi connectivity index (χ0n) is 10.0. The highest BCUT2D eigenvalue weighted by molar-refractivity contribution is 9.09. The molecule has 1 N–H and O–H groups in total. The molecule has 2 atom stereocenters. The Bertz CT molecular complexity index is 333. The molecule has 0 radical (unpaired) electrons. The van der Waals surface area contributed by atoms with Gasteiger partial charge in [0.1, 0.15) is 22.9 Å². The van der Waals surface area contributed by atoms with E-state index in [1.807, 2.05) is 0 Å². The molecule has 0 aromatic heterocycles. The topological polar surface area (TPSA) is 89.9 Å². The van der Waals surface area contributed by atoms with Crippen LogP contribution in [-0.2, 0) is 23.9 Å². The fraction of sp³-hybridized carbons (Fsp3) is 0.727. The Morgan fingerprint density at radius 3 is 1.68 bits per heavy atom. The molecule has 1 rings (SSSR count). The summed E-state index contributed by atoms with van der Waals surface area (Å²) >= 11 is 5.94. The van der Waals surface area contributed by atoms with E-state index in [-0.39, 0.29) is 23.5 Å². The number of carboxylic acids is 1. The van der Waals surface area contributed by atoms with E-state index in [2.05, 4.69) is 31.9 Å². The third kappa shape index (κ3) is 5.48. The Morgan fingerprint density at radius 1 is 0.947 bits per heavy atom. The van der Waals surface area contributed by atoms with Crippen molar-refractivity contribution in [2.45, 2.75) is 31.5 Å². The van der Waals surface area contributed by atoms with Gasteiger partial charge >= 0.3 is 17.9 Å². The summed E-state index contributed by atoms with van der Waals surface area (Å²) < 4.78 is 10.2. The summed E-state index contributed by atoms with van der Waals surface area (Å²) in [7, 11) is 0. The minimum absolute atomic E-state index is 0.0487. The van der Waals surface area contributed by atoms with Crippen LogP contribution in [0.15, 0.2) is 0 Å². The normalized spacial score (nSPS) is 26.5. The quantitative estimate of drug-likeness (QED) is 0.554. The molecular formula is C11H14Br2O6. The third-order valence-electron chi connectivity index (χ3n) is 2.78. The van der Waals surface area contributed by atoms with Crippen LogP contribution in [0.5, 0.6) is 0 Å². The fourth-order valence-corrected chi connectivity index (χ4v) is 2.31. The van der Waals surface area contributed by atoms with Gasteiger partial charge in [0.2, 0.25) is 0 Å². The van der Waals surface area contributed by atoms with Crippen molar-refractivity contribution in [2.75, 3.05) is 10.7 Å². The van der Waals surface area contributed by atoms with Gasteiger partial charge in [0.25, 0.3) is 0 Å². The lowest BCUT2D eigenvalue weighted by molar-refractivity contribution is -0.163. The maximum atomic E-state index is 11.2. The van der Waals surface area contributed by atoms with Gasteiger partial charge in [0.05, 0.1) is 5.92 Å². The van der Waals surface area contributed by atoms with E-state index in [1.54, 1.807) is 0 Å². The SMILES string of the molecule is O=C(CBr)OC1CC(OC(=O)CBr)CC(C(=O)O)C1. The number of rotatable bonds is 5. The zero-order chi connectivity index (χ0) is 14.4. The molecule has 2 unspecified atom stereocenters. The van der Waals surface area contributed by atoms with E-state index in [9.17, 15) is 14.4 Å². The second kappa shape index (κ2) is 7.84. The monoisotopic (exact) mass is 400 g/mol. The fourth-order valence-electron chi connectivity index (χ4n) is 2.05. The number of halogens is 2. The average molecular weight is 402 g/mol. The van der Waals surface area contributed by atoms with Gasteiger partial charge < -0.3 is 14.6 Å². The Labute approximate surface area is 127 Å². The predicted molar refractivity (Wildman–Crippen MR) is 72.3 cm³/mol. The smallest absolute Gasteiger partial charge is 0.316 e. The summed E-state index contributed by atoms with van der Waals surface area (Å²) in [5.41, 5.74) is 0. The van der Waals surface area contributed by atoms with E-state index < -0.39 is 36.0 Å². The van der Waals surface area contributed by atoms with E-state index in [4.69, 9.17) is 14.6 Å². The molecule has 108 valence electrons. The first-order chi connectivity index (χ1) is 8.96. The molecule has 1 aliphatic carbocycles. The van der Waals surface area contributed by atoms with Crippen molar-refractivity contribution >= 4 is 49.8 Å². The number of hydrogen-bond donors (Lipinski definition) is 1. The summed E-state index contributed by atoms with van der Waals surface area (Å²) in [4.78, 5) is 33.5. The summed E-state index contributed by atoms with van der Waals surface area (Å²) in [6, 6.07) is 0. The number of carbonyl (C=O) groups excluding carboxylic acids is 2. The zero-order valence-corrected chi connectivity index (χ0v) is 13.2. The lowest BCUT2D eigenvalue weighted by Gasteiger charge is -2.32. The van der Waals surface area contributed by atoms with Gasteiger partial charge in [0, 0.05) is 6.42 Å². The van der Waals surface area contributed by atoms with Crippen LogP contribution in [0.25, 0.3) is 0 Å². The maximum absolute atomic E-state index is 11.2. The number of carbonyl (C=O) groups is 3. The Hall–Kier alpha value is -0.630. The van der Waals surface area contributed by atoms with Crippen LogP contribution >= 0.6 is 31.9 Å². The van der Waals surface area contributed by atoms with Crippen LogP contribution in [0.3, 0.4) is 0 Å². The second-order valence-electron chi connectivity index (χ2n) is 4.23. The first-order valence-corrected chi connectivity index (χ1v) is 7.94. The highest BCUT2D eigenvalue weighted by atomic mass is 79.9. The van der Waals surface area contributed by atoms with Crippen LogP contribution in [-0.4, -0.2) is 45.9 Å². The van der Waals surface area contributed by atoms with Crippen LogP contribution in [0.4, 0.5) is 0 Å². The van der Waals surface area contributed by atoms with E-state index in [0.29, 0.717) is 6.42 Å². The van der Waals surface area contributed by atoms with Crippen molar-refractivity contribution < 1.29 is 29.0 Å². The minimum Gasteiger partial charge on any atom is -0.481 e. The van der Waals surface area contributed by atoms with Crippen molar-refractivity contribution in [3.8, 4) is 0 Å². The third-order valence-corrected chi connectivity index (χ3v) is 3.70. The molecule has 0 saturated heterocycles. The number of ether oxygens (including phenoxy) is 2. The molecule has 1 fully saturated rings. The first kappa shape index (κ1) is 16.4. The van der Waals surface area contributed by atoms with Crippen LogP contribution < -0.4 is 0 Å². The van der Waals surface area contributed by atoms with Crippen molar-refractivity contribution in [3.63, 3.8) is 0 Å². The molecule has 6 nitrogen and oxygen atoms in total. The first-order valence-electron chi connectivity index (χ1n) is 5.70. The highest BCUT2D eigenvalue weighted by Gasteiger charge is 2.36. The van der Waals surface area contributed by atoms with Crippen LogP contribution in [0.2, 0.25) is 0 Å². The Morgan fingerprint density at radius 2 is 1.37 bits per heavy atom. The number of aliphatic carboxylic acids is 1. The molecule has 0 aromatic rings. The van der Waals surface area contributed by atoms with Gasteiger partial charge in [-0.25, -0.2) is 0 Å². The standard InChI is InChI=1S/C11H14Br2O6/c12-4-9(14)18-7-1-6(11(16)17)2-8(3-7)19-10(15)5-13/h6-8H,1-5H2,(H,16,17). The highest BCUT2D eigenvalue weighted by Crippen LogP contribution is 2.29. The lowest BCUT2D eigenvalue weighted by Crippen LogP contribution is -2.38. The van der Waals surface area contributed by atoms with E-state index in [1.165, 1.54) is 0 Å². The number of esters is 2. The molecular weight excluding hydrogens is 388 g/mol. The molecule has 0 aliphatic heterocycles. The number of hydrogen-bond acceptors (Lipinski definition) is 5. The van der Waals surface area contributed by atoms with Crippen LogP contribution in [0.1, 0.15) is 19.3 Å². The predicted octanol–water partition coefficient (Wildman–Crippen LogP) is 1.48. The molecule has 1 saturated carbocycles. The lowest BCUT2D eigenvalue weighted by atomic mass is 9.85. The Kier molecular flexibility index (Phi) is 6.78. The molecule has 0 amide bonds. The Balaban J connectivity index is 2.64. The number of carboxylic acid groups (broad SMARTS) is 1. The van der Waals surface area contributed by atoms with Gasteiger partial charge in [-0.15, -0.1) is 0 Å². The summed E-state index contributed by atoms with van der Waals surface area (Å²) in [6.07, 6.45) is -0.241. The summed E-state index contributed by atoms with van der Waals surface area (Å²) in [5, 5.41) is 9.15. The molecule has 0 spiro atoms. The minimum atomic E-state index is -0.973. The summed E-state index contributed by atoms with van der Waals surface area (Å²) in [6.45, 7) is 0. The van der Waals surface area contributed by atoms with Crippen molar-refractivity contribution in [1.29, 1.82) is 0 Å². The van der Waals surface area contributed by atoms with Crippen molar-refractivity contribution in [1.82, 2.24) is 0 Å². The molecule has 19 heavy (non-hydrogen) atoms. The van der Waals surface area contributed by atoms with Gasteiger partial charge in [-0.3, -0.25) is 14.4 Å².